The molecule has 0 aromatic rings. The Morgan fingerprint density at radius 3 is 1.59 bits per heavy atom. The van der Waals surface area contributed by atoms with Crippen molar-refractivity contribution in [3.05, 3.63) is 12.2 Å². The lowest BCUT2D eigenvalue weighted by atomic mass is 9.65. The van der Waals surface area contributed by atoms with Gasteiger partial charge < -0.3 is 14.2 Å². The average molecular weight is 413 g/mol. The van der Waals surface area contributed by atoms with E-state index in [2.05, 4.69) is 60.6 Å². The lowest BCUT2D eigenvalue weighted by molar-refractivity contribution is -0.437. The second-order valence-corrected chi connectivity index (χ2v) is 8.16. The first-order chi connectivity index (χ1) is 14.1. The highest BCUT2D eigenvalue weighted by Crippen LogP contribution is 2.52. The molecular weight excluding hydrogens is 360 g/mol. The van der Waals surface area contributed by atoms with Gasteiger partial charge in [0.25, 0.3) is 5.97 Å². The van der Waals surface area contributed by atoms with Crippen molar-refractivity contribution in [3.63, 3.8) is 0 Å². The summed E-state index contributed by atoms with van der Waals surface area (Å²) in [6.45, 7) is 17.0. The molecule has 0 rings (SSSR count). The van der Waals surface area contributed by atoms with Gasteiger partial charge in [-0.15, -0.1) is 0 Å². The van der Waals surface area contributed by atoms with Gasteiger partial charge in [0.1, 0.15) is 0 Å². The van der Waals surface area contributed by atoms with Crippen molar-refractivity contribution in [3.8, 4) is 0 Å². The molecule has 0 radical (unpaired) electrons. The summed E-state index contributed by atoms with van der Waals surface area (Å²) in [7, 11) is 0. The molecule has 0 fully saturated rings. The number of unbranched alkanes of at least 4 members (excludes halogenated alkanes) is 4. The molecule has 1 atom stereocenters. The van der Waals surface area contributed by atoms with Crippen LogP contribution in [0.1, 0.15) is 119 Å². The Morgan fingerprint density at radius 1 is 0.655 bits per heavy atom. The first kappa shape index (κ1) is 28.6. The lowest BCUT2D eigenvalue weighted by Gasteiger charge is -2.52. The SMILES string of the molecule is CCC=CC(CCCCCCC)C(CCC)(CCC)C(OCC)(OCC)OCC. The third-order valence-corrected chi connectivity index (χ3v) is 5.94. The molecule has 1 unspecified atom stereocenters. The molecule has 0 aliphatic carbocycles. The Bertz CT molecular complexity index is 368. The highest BCUT2D eigenvalue weighted by atomic mass is 16.9. The van der Waals surface area contributed by atoms with E-state index in [1.807, 2.05) is 0 Å². The Balaban J connectivity index is 6.15. The second-order valence-electron chi connectivity index (χ2n) is 8.16. The molecule has 0 aromatic carbocycles. The van der Waals surface area contributed by atoms with Crippen LogP contribution in [0.2, 0.25) is 0 Å². The van der Waals surface area contributed by atoms with Gasteiger partial charge in [-0.3, -0.25) is 0 Å². The summed E-state index contributed by atoms with van der Waals surface area (Å²) in [6, 6.07) is 0. The van der Waals surface area contributed by atoms with Crippen LogP contribution in [-0.2, 0) is 14.2 Å². The smallest absolute Gasteiger partial charge is 0.289 e. The number of rotatable bonds is 20. The van der Waals surface area contributed by atoms with Crippen LogP contribution in [-0.4, -0.2) is 25.8 Å². The zero-order chi connectivity index (χ0) is 22.0. The molecule has 0 saturated heterocycles. The molecule has 0 spiro atoms. The van der Waals surface area contributed by atoms with Gasteiger partial charge in [-0.05, 0) is 52.4 Å². The van der Waals surface area contributed by atoms with Gasteiger partial charge in [0.05, 0.1) is 5.41 Å². The molecule has 3 nitrogen and oxygen atoms in total. The van der Waals surface area contributed by atoms with Crippen molar-refractivity contribution in [2.45, 2.75) is 125 Å². The molecule has 0 heterocycles. The number of hydrogen-bond donors (Lipinski definition) is 0. The van der Waals surface area contributed by atoms with Crippen molar-refractivity contribution in [1.29, 1.82) is 0 Å². The van der Waals surface area contributed by atoms with E-state index < -0.39 is 5.97 Å². The zero-order valence-electron chi connectivity index (χ0n) is 20.9. The van der Waals surface area contributed by atoms with Crippen molar-refractivity contribution in [2.24, 2.45) is 11.3 Å². The standard InChI is InChI=1S/C26H52O3/c1-8-15-17-18-19-21-24(20-16-9-2)25(22-10-3,23-11-4)26(27-12-5,28-13-6)29-14-7/h16,20,24H,8-15,17-19,21-23H2,1-7H3. The van der Waals surface area contributed by atoms with E-state index in [4.69, 9.17) is 14.2 Å². The van der Waals surface area contributed by atoms with E-state index >= 15 is 0 Å². The maximum atomic E-state index is 6.41. The van der Waals surface area contributed by atoms with E-state index in [0.29, 0.717) is 25.7 Å². The molecule has 0 saturated carbocycles. The Labute approximate surface area is 183 Å². The Kier molecular flexibility index (Phi) is 17.1. The highest BCUT2D eigenvalue weighted by molar-refractivity contribution is 5.03. The van der Waals surface area contributed by atoms with Crippen molar-refractivity contribution >= 4 is 0 Å². The van der Waals surface area contributed by atoms with Crippen LogP contribution in [0.25, 0.3) is 0 Å². The molecular formula is C26H52O3. The summed E-state index contributed by atoms with van der Waals surface area (Å²) in [6.07, 6.45) is 17.9. The van der Waals surface area contributed by atoms with E-state index in [1.54, 1.807) is 0 Å². The average Bonchev–Trinajstić information content (AvgIpc) is 2.70. The third-order valence-electron chi connectivity index (χ3n) is 5.94. The molecule has 174 valence electrons. The summed E-state index contributed by atoms with van der Waals surface area (Å²) < 4.78 is 19.2. The monoisotopic (exact) mass is 412 g/mol. The molecule has 0 amide bonds. The number of ether oxygens (including phenoxy) is 3. The third kappa shape index (κ3) is 8.71. The van der Waals surface area contributed by atoms with E-state index in [-0.39, 0.29) is 5.41 Å². The summed E-state index contributed by atoms with van der Waals surface area (Å²) >= 11 is 0. The highest BCUT2D eigenvalue weighted by Gasteiger charge is 2.57. The first-order valence-corrected chi connectivity index (χ1v) is 12.7. The molecule has 0 aliphatic heterocycles. The molecule has 0 aromatic heterocycles. The van der Waals surface area contributed by atoms with E-state index in [9.17, 15) is 0 Å². The Hall–Kier alpha value is -0.380. The second kappa shape index (κ2) is 17.3. The summed E-state index contributed by atoms with van der Waals surface area (Å²) in [4.78, 5) is 0. The zero-order valence-corrected chi connectivity index (χ0v) is 20.9. The quantitative estimate of drug-likeness (QED) is 0.114. The van der Waals surface area contributed by atoms with E-state index in [0.717, 1.165) is 32.1 Å². The Morgan fingerprint density at radius 2 is 1.17 bits per heavy atom. The molecule has 0 N–H and O–H groups in total. The summed E-state index contributed by atoms with van der Waals surface area (Å²) in [5.41, 5.74) is -0.172. The van der Waals surface area contributed by atoms with Crippen LogP contribution < -0.4 is 0 Å². The lowest BCUT2D eigenvalue weighted by Crippen LogP contribution is -2.58. The number of hydrogen-bond acceptors (Lipinski definition) is 3. The molecule has 0 bridgehead atoms. The predicted octanol–water partition coefficient (Wildman–Crippen LogP) is 8.28. The first-order valence-electron chi connectivity index (χ1n) is 12.7. The van der Waals surface area contributed by atoms with E-state index in [1.165, 1.54) is 38.5 Å². The topological polar surface area (TPSA) is 27.7 Å². The molecule has 29 heavy (non-hydrogen) atoms. The van der Waals surface area contributed by atoms with Crippen LogP contribution in [0, 0.1) is 11.3 Å². The van der Waals surface area contributed by atoms with Crippen molar-refractivity contribution in [1.82, 2.24) is 0 Å². The predicted molar refractivity (Wildman–Crippen MR) is 126 cm³/mol. The van der Waals surface area contributed by atoms with Crippen LogP contribution >= 0.6 is 0 Å². The minimum atomic E-state index is -0.969. The van der Waals surface area contributed by atoms with Gasteiger partial charge in [-0.2, -0.15) is 0 Å². The molecule has 0 aliphatic rings. The van der Waals surface area contributed by atoms with Gasteiger partial charge in [-0.25, -0.2) is 0 Å². The van der Waals surface area contributed by atoms with Gasteiger partial charge in [-0.1, -0.05) is 84.8 Å². The van der Waals surface area contributed by atoms with Crippen LogP contribution in [0.5, 0.6) is 0 Å². The van der Waals surface area contributed by atoms with Gasteiger partial charge in [0.2, 0.25) is 0 Å². The van der Waals surface area contributed by atoms with Crippen molar-refractivity contribution in [2.75, 3.05) is 19.8 Å². The normalized spacial score (nSPS) is 14.0. The van der Waals surface area contributed by atoms with Gasteiger partial charge >= 0.3 is 0 Å². The summed E-state index contributed by atoms with van der Waals surface area (Å²) in [5.74, 6) is -0.572. The fourth-order valence-corrected chi connectivity index (χ4v) is 4.87. The van der Waals surface area contributed by atoms with Crippen LogP contribution in [0.3, 0.4) is 0 Å². The minimum absolute atomic E-state index is 0.172. The maximum Gasteiger partial charge on any atom is 0.289 e. The van der Waals surface area contributed by atoms with Gasteiger partial charge in [0.15, 0.2) is 0 Å². The maximum absolute atomic E-state index is 6.41. The molecule has 3 heteroatoms. The summed E-state index contributed by atoms with van der Waals surface area (Å²) in [5, 5.41) is 0. The van der Waals surface area contributed by atoms with Crippen LogP contribution in [0.15, 0.2) is 12.2 Å². The van der Waals surface area contributed by atoms with Crippen LogP contribution in [0.4, 0.5) is 0 Å². The number of allylic oxidation sites excluding steroid dienone is 2. The van der Waals surface area contributed by atoms with Gasteiger partial charge in [0, 0.05) is 19.8 Å². The fourth-order valence-electron chi connectivity index (χ4n) is 4.87. The minimum Gasteiger partial charge on any atom is -0.327 e. The fraction of sp³-hybridized carbons (Fsp3) is 0.923. The van der Waals surface area contributed by atoms with Crippen molar-refractivity contribution < 1.29 is 14.2 Å². The largest absolute Gasteiger partial charge is 0.327 e.